The third-order valence-corrected chi connectivity index (χ3v) is 5.22. The highest BCUT2D eigenvalue weighted by atomic mass is 16.5. The molecule has 1 atom stereocenters. The summed E-state index contributed by atoms with van der Waals surface area (Å²) in [5.74, 6) is 3.62. The number of hydrogen-bond donors (Lipinski definition) is 1. The van der Waals surface area contributed by atoms with E-state index < -0.39 is 0 Å². The van der Waals surface area contributed by atoms with Gasteiger partial charge in [0, 0.05) is 37.5 Å². The van der Waals surface area contributed by atoms with Crippen molar-refractivity contribution in [3.63, 3.8) is 0 Å². The zero-order valence-electron chi connectivity index (χ0n) is 14.6. The molecule has 0 amide bonds. The van der Waals surface area contributed by atoms with Crippen LogP contribution >= 0.6 is 0 Å². The van der Waals surface area contributed by atoms with Crippen LogP contribution in [-0.2, 0) is 25.8 Å². The van der Waals surface area contributed by atoms with Crippen molar-refractivity contribution in [3.8, 4) is 11.5 Å². The highest BCUT2D eigenvalue weighted by Crippen LogP contribution is 2.42. The van der Waals surface area contributed by atoms with Gasteiger partial charge in [0.2, 0.25) is 0 Å². The number of furan rings is 1. The van der Waals surface area contributed by atoms with Crippen molar-refractivity contribution in [2.24, 2.45) is 5.92 Å². The van der Waals surface area contributed by atoms with Crippen LogP contribution in [0.1, 0.15) is 48.1 Å². The van der Waals surface area contributed by atoms with Crippen molar-refractivity contribution in [3.05, 3.63) is 46.4 Å². The first-order valence-electron chi connectivity index (χ1n) is 8.79. The standard InChI is InChI=1S/C20H25NO3/c1-12(2)6-15-7-14-11-21-5-4-13-8-20(23-3)18(22)9-16(13)17(21)10-19(14)24-15/h7-9,12,17,22H,4-6,10-11H2,1-3H3. The quantitative estimate of drug-likeness (QED) is 0.930. The predicted molar refractivity (Wildman–Crippen MR) is 92.5 cm³/mol. The Labute approximate surface area is 143 Å². The molecule has 4 nitrogen and oxygen atoms in total. The Morgan fingerprint density at radius 2 is 2.12 bits per heavy atom. The van der Waals surface area contributed by atoms with Gasteiger partial charge in [-0.2, -0.15) is 0 Å². The van der Waals surface area contributed by atoms with E-state index in [1.807, 2.05) is 12.1 Å². The van der Waals surface area contributed by atoms with Gasteiger partial charge >= 0.3 is 0 Å². The van der Waals surface area contributed by atoms with E-state index in [4.69, 9.17) is 9.15 Å². The van der Waals surface area contributed by atoms with E-state index in [1.54, 1.807) is 7.11 Å². The summed E-state index contributed by atoms with van der Waals surface area (Å²) in [7, 11) is 1.60. The summed E-state index contributed by atoms with van der Waals surface area (Å²) >= 11 is 0. The minimum absolute atomic E-state index is 0.226. The molecule has 3 heterocycles. The third kappa shape index (κ3) is 2.59. The molecule has 0 saturated heterocycles. The molecule has 128 valence electrons. The molecule has 4 rings (SSSR count). The van der Waals surface area contributed by atoms with Crippen LogP contribution in [0.25, 0.3) is 0 Å². The molecule has 4 heteroatoms. The zero-order chi connectivity index (χ0) is 16.8. The van der Waals surface area contributed by atoms with Crippen LogP contribution < -0.4 is 4.74 Å². The van der Waals surface area contributed by atoms with Crippen molar-refractivity contribution >= 4 is 0 Å². The van der Waals surface area contributed by atoms with Gasteiger partial charge in [0.05, 0.1) is 7.11 Å². The maximum Gasteiger partial charge on any atom is 0.160 e. The smallest absolute Gasteiger partial charge is 0.160 e. The SMILES string of the molecule is COc1cc2c(cc1O)C1Cc3oc(CC(C)C)cc3CN1CC2. The molecule has 2 aliphatic heterocycles. The van der Waals surface area contributed by atoms with Crippen molar-refractivity contribution in [1.29, 1.82) is 0 Å². The lowest BCUT2D eigenvalue weighted by molar-refractivity contribution is 0.150. The van der Waals surface area contributed by atoms with Gasteiger partial charge in [0.25, 0.3) is 0 Å². The van der Waals surface area contributed by atoms with Gasteiger partial charge in [0.15, 0.2) is 11.5 Å². The number of phenols is 1. The lowest BCUT2D eigenvalue weighted by atomic mass is 9.86. The Hall–Kier alpha value is -1.94. The summed E-state index contributed by atoms with van der Waals surface area (Å²) in [4.78, 5) is 2.51. The largest absolute Gasteiger partial charge is 0.504 e. The van der Waals surface area contributed by atoms with E-state index in [-0.39, 0.29) is 11.8 Å². The van der Waals surface area contributed by atoms with E-state index in [1.165, 1.54) is 16.7 Å². The van der Waals surface area contributed by atoms with Crippen LogP contribution in [0, 0.1) is 5.92 Å². The monoisotopic (exact) mass is 327 g/mol. The second-order valence-electron chi connectivity index (χ2n) is 7.42. The molecule has 24 heavy (non-hydrogen) atoms. The van der Waals surface area contributed by atoms with Crippen molar-refractivity contribution < 1.29 is 14.3 Å². The van der Waals surface area contributed by atoms with E-state index in [0.29, 0.717) is 11.7 Å². The highest BCUT2D eigenvalue weighted by molar-refractivity contribution is 5.49. The molecule has 2 aliphatic rings. The normalized spacial score (nSPS) is 19.8. The molecule has 0 spiro atoms. The van der Waals surface area contributed by atoms with Crippen LogP contribution in [0.15, 0.2) is 22.6 Å². The minimum atomic E-state index is 0.226. The second-order valence-corrected chi connectivity index (χ2v) is 7.42. The number of phenolic OH excluding ortho intramolecular Hbond substituents is 1. The highest BCUT2D eigenvalue weighted by Gasteiger charge is 2.34. The molecule has 0 saturated carbocycles. The van der Waals surface area contributed by atoms with Crippen molar-refractivity contribution in [1.82, 2.24) is 4.90 Å². The average molecular weight is 327 g/mol. The Morgan fingerprint density at radius 3 is 2.88 bits per heavy atom. The molecule has 1 unspecified atom stereocenters. The first-order valence-corrected chi connectivity index (χ1v) is 8.79. The first-order chi connectivity index (χ1) is 11.5. The average Bonchev–Trinajstić information content (AvgIpc) is 2.92. The fraction of sp³-hybridized carbons (Fsp3) is 0.500. The molecular formula is C20H25NO3. The van der Waals surface area contributed by atoms with E-state index in [0.717, 1.165) is 43.9 Å². The van der Waals surface area contributed by atoms with Crippen LogP contribution in [-0.4, -0.2) is 23.7 Å². The molecule has 0 radical (unpaired) electrons. The fourth-order valence-electron chi connectivity index (χ4n) is 4.09. The van der Waals surface area contributed by atoms with Crippen LogP contribution in [0.5, 0.6) is 11.5 Å². The zero-order valence-corrected chi connectivity index (χ0v) is 14.6. The van der Waals surface area contributed by atoms with Crippen LogP contribution in [0.4, 0.5) is 0 Å². The Kier molecular flexibility index (Phi) is 3.80. The van der Waals surface area contributed by atoms with Gasteiger partial charge in [-0.15, -0.1) is 0 Å². The number of fused-ring (bicyclic) bond motifs is 4. The number of nitrogens with zero attached hydrogens (tertiary/aromatic N) is 1. The molecule has 0 bridgehead atoms. The molecule has 1 aromatic carbocycles. The fourth-order valence-corrected chi connectivity index (χ4v) is 4.09. The minimum Gasteiger partial charge on any atom is -0.504 e. The van der Waals surface area contributed by atoms with Gasteiger partial charge in [-0.1, -0.05) is 13.8 Å². The Morgan fingerprint density at radius 1 is 1.29 bits per heavy atom. The van der Waals surface area contributed by atoms with Crippen LogP contribution in [0.2, 0.25) is 0 Å². The van der Waals surface area contributed by atoms with Gasteiger partial charge in [0.1, 0.15) is 11.5 Å². The number of rotatable bonds is 3. The number of aromatic hydroxyl groups is 1. The van der Waals surface area contributed by atoms with Crippen molar-refractivity contribution in [2.45, 2.75) is 45.7 Å². The topological polar surface area (TPSA) is 45.8 Å². The lowest BCUT2D eigenvalue weighted by Gasteiger charge is -2.40. The first kappa shape index (κ1) is 15.6. The van der Waals surface area contributed by atoms with Gasteiger partial charge < -0.3 is 14.3 Å². The summed E-state index contributed by atoms with van der Waals surface area (Å²) < 4.78 is 11.4. The van der Waals surface area contributed by atoms with E-state index in [9.17, 15) is 5.11 Å². The molecule has 0 aliphatic carbocycles. The van der Waals surface area contributed by atoms with Crippen molar-refractivity contribution in [2.75, 3.05) is 13.7 Å². The number of benzene rings is 1. The molecule has 1 N–H and O–H groups in total. The summed E-state index contributed by atoms with van der Waals surface area (Å²) in [5, 5.41) is 10.2. The van der Waals surface area contributed by atoms with E-state index in [2.05, 4.69) is 24.8 Å². The summed E-state index contributed by atoms with van der Waals surface area (Å²) in [6.07, 6.45) is 2.87. The van der Waals surface area contributed by atoms with Gasteiger partial charge in [-0.3, -0.25) is 4.90 Å². The summed E-state index contributed by atoms with van der Waals surface area (Å²) in [6, 6.07) is 6.40. The molecule has 0 fully saturated rings. The van der Waals surface area contributed by atoms with Crippen LogP contribution in [0.3, 0.4) is 0 Å². The summed E-state index contributed by atoms with van der Waals surface area (Å²) in [6.45, 7) is 6.41. The summed E-state index contributed by atoms with van der Waals surface area (Å²) in [5.41, 5.74) is 3.83. The van der Waals surface area contributed by atoms with E-state index >= 15 is 0 Å². The molecular weight excluding hydrogens is 302 g/mol. The predicted octanol–water partition coefficient (Wildman–Crippen LogP) is 3.85. The molecule has 1 aromatic heterocycles. The van der Waals surface area contributed by atoms with Gasteiger partial charge in [-0.25, -0.2) is 0 Å². The second kappa shape index (κ2) is 5.85. The number of ether oxygens (including phenoxy) is 1. The number of hydrogen-bond acceptors (Lipinski definition) is 4. The third-order valence-electron chi connectivity index (χ3n) is 5.22. The lowest BCUT2D eigenvalue weighted by Crippen LogP contribution is -2.38. The van der Waals surface area contributed by atoms with Gasteiger partial charge in [-0.05, 0) is 41.7 Å². The Balaban J connectivity index is 1.67. The molecule has 2 aromatic rings. The Bertz CT molecular complexity index is 762. The maximum atomic E-state index is 10.2. The number of methoxy groups -OCH3 is 1. The maximum absolute atomic E-state index is 10.2.